The second-order valence-electron chi connectivity index (χ2n) is 6.05. The van der Waals surface area contributed by atoms with Gasteiger partial charge in [-0.3, -0.25) is 9.59 Å². The molecule has 0 aromatic heterocycles. The van der Waals surface area contributed by atoms with Crippen LogP contribution in [-0.4, -0.2) is 28.8 Å². The van der Waals surface area contributed by atoms with Gasteiger partial charge in [0.15, 0.2) is 0 Å². The molecule has 2 aliphatic rings. The predicted octanol–water partition coefficient (Wildman–Crippen LogP) is 2.48. The van der Waals surface area contributed by atoms with Gasteiger partial charge in [-0.2, -0.15) is 0 Å². The molecule has 3 rings (SSSR count). The molecule has 2 amide bonds. The van der Waals surface area contributed by atoms with Gasteiger partial charge in [0.2, 0.25) is 5.91 Å². The fourth-order valence-electron chi connectivity index (χ4n) is 2.46. The van der Waals surface area contributed by atoms with Crippen LogP contribution in [0.4, 0.5) is 0 Å². The third-order valence-electron chi connectivity index (χ3n) is 4.09. The van der Waals surface area contributed by atoms with Gasteiger partial charge >= 0.3 is 0 Å². The molecule has 0 bridgehead atoms. The van der Waals surface area contributed by atoms with Crippen molar-refractivity contribution in [2.45, 2.75) is 57.7 Å². The molecule has 4 heteroatoms. The van der Waals surface area contributed by atoms with Crippen LogP contribution < -0.4 is 5.32 Å². The molecule has 0 atom stereocenters. The van der Waals surface area contributed by atoms with Gasteiger partial charge in [-0.15, -0.1) is 0 Å². The zero-order valence-corrected chi connectivity index (χ0v) is 12.5. The van der Waals surface area contributed by atoms with Crippen molar-refractivity contribution >= 4 is 11.8 Å². The number of hydrogen-bond donors (Lipinski definition) is 1. The summed E-state index contributed by atoms with van der Waals surface area (Å²) in [5, 5.41) is 2.98. The zero-order chi connectivity index (χ0) is 14.8. The lowest BCUT2D eigenvalue weighted by Gasteiger charge is -2.22. The number of carbonyl (C=O) groups is 2. The van der Waals surface area contributed by atoms with Crippen molar-refractivity contribution in [2.24, 2.45) is 0 Å². The minimum Gasteiger partial charge on any atom is -0.349 e. The summed E-state index contributed by atoms with van der Waals surface area (Å²) in [5.41, 5.74) is 1.79. The van der Waals surface area contributed by atoms with Crippen LogP contribution in [0.15, 0.2) is 24.3 Å². The van der Waals surface area contributed by atoms with Gasteiger partial charge in [-0.1, -0.05) is 19.1 Å². The van der Waals surface area contributed by atoms with E-state index in [-0.39, 0.29) is 11.8 Å². The lowest BCUT2D eigenvalue weighted by atomic mass is 10.1. The van der Waals surface area contributed by atoms with Crippen molar-refractivity contribution in [1.29, 1.82) is 0 Å². The van der Waals surface area contributed by atoms with E-state index < -0.39 is 0 Å². The zero-order valence-electron chi connectivity index (χ0n) is 12.5. The summed E-state index contributed by atoms with van der Waals surface area (Å²) in [4.78, 5) is 25.9. The maximum absolute atomic E-state index is 12.0. The summed E-state index contributed by atoms with van der Waals surface area (Å²) in [6, 6.07) is 8.43. The average Bonchev–Trinajstić information content (AvgIpc) is 3.37. The quantitative estimate of drug-likeness (QED) is 0.873. The van der Waals surface area contributed by atoms with Gasteiger partial charge < -0.3 is 10.2 Å². The number of nitrogens with zero attached hydrogens (tertiary/aromatic N) is 1. The first kappa shape index (κ1) is 14.1. The van der Waals surface area contributed by atoms with Crippen LogP contribution in [-0.2, 0) is 11.3 Å². The Kier molecular flexibility index (Phi) is 3.95. The normalized spacial score (nSPS) is 17.4. The minimum absolute atomic E-state index is 0.00716. The first-order chi connectivity index (χ1) is 10.2. The molecular weight excluding hydrogens is 264 g/mol. The second kappa shape index (κ2) is 5.88. The van der Waals surface area contributed by atoms with E-state index in [9.17, 15) is 9.59 Å². The van der Waals surface area contributed by atoms with Gasteiger partial charge in [-0.05, 0) is 43.4 Å². The molecular formula is C17H22N2O2. The van der Waals surface area contributed by atoms with Crippen molar-refractivity contribution in [1.82, 2.24) is 10.2 Å². The van der Waals surface area contributed by atoms with E-state index in [1.54, 1.807) is 0 Å². The van der Waals surface area contributed by atoms with E-state index >= 15 is 0 Å². The fourth-order valence-corrected chi connectivity index (χ4v) is 2.46. The molecule has 1 aromatic carbocycles. The van der Waals surface area contributed by atoms with Crippen molar-refractivity contribution in [2.75, 3.05) is 0 Å². The summed E-state index contributed by atoms with van der Waals surface area (Å²) in [6.45, 7) is 2.56. The summed E-state index contributed by atoms with van der Waals surface area (Å²) >= 11 is 0. The second-order valence-corrected chi connectivity index (χ2v) is 6.05. The molecule has 2 saturated carbocycles. The first-order valence-electron chi connectivity index (χ1n) is 7.86. The van der Waals surface area contributed by atoms with E-state index in [0.717, 1.165) is 31.2 Å². The van der Waals surface area contributed by atoms with Gasteiger partial charge in [0.1, 0.15) is 0 Å². The van der Waals surface area contributed by atoms with Crippen molar-refractivity contribution < 1.29 is 9.59 Å². The monoisotopic (exact) mass is 286 g/mol. The molecule has 1 N–H and O–H groups in total. The average molecular weight is 286 g/mol. The highest BCUT2D eigenvalue weighted by Crippen LogP contribution is 2.29. The Labute approximate surface area is 125 Å². The largest absolute Gasteiger partial charge is 0.349 e. The Morgan fingerprint density at radius 3 is 2.33 bits per heavy atom. The minimum atomic E-state index is 0.00716. The van der Waals surface area contributed by atoms with Crippen LogP contribution in [0, 0.1) is 0 Å². The number of nitrogens with one attached hydrogen (secondary N) is 1. The molecule has 4 nitrogen and oxygen atoms in total. The van der Waals surface area contributed by atoms with Crippen molar-refractivity contribution in [3.05, 3.63) is 35.4 Å². The molecule has 0 unspecified atom stereocenters. The molecule has 0 aliphatic heterocycles. The highest BCUT2D eigenvalue weighted by molar-refractivity contribution is 5.94. The molecule has 0 heterocycles. The molecule has 1 aromatic rings. The SMILES string of the molecule is CCC(=O)N(Cc1ccc(C(=O)NC2CC2)cc1)C1CC1. The number of hydrogen-bond acceptors (Lipinski definition) is 2. The smallest absolute Gasteiger partial charge is 0.251 e. The Balaban J connectivity index is 1.62. The van der Waals surface area contributed by atoms with Crippen LogP contribution in [0.25, 0.3) is 0 Å². The third-order valence-corrected chi connectivity index (χ3v) is 4.09. The Morgan fingerprint density at radius 1 is 1.14 bits per heavy atom. The standard InChI is InChI=1S/C17H22N2O2/c1-2-16(20)19(15-9-10-15)11-12-3-5-13(6-4-12)17(21)18-14-7-8-14/h3-6,14-15H,2,7-11H2,1H3,(H,18,21). The molecule has 0 spiro atoms. The Hall–Kier alpha value is -1.84. The number of amides is 2. The van der Waals surface area contributed by atoms with Gasteiger partial charge in [0.05, 0.1) is 0 Å². The lowest BCUT2D eigenvalue weighted by molar-refractivity contribution is -0.132. The predicted molar refractivity (Wildman–Crippen MR) is 80.8 cm³/mol. The molecule has 2 aliphatic carbocycles. The van der Waals surface area contributed by atoms with E-state index in [1.807, 2.05) is 36.1 Å². The van der Waals surface area contributed by atoms with E-state index in [4.69, 9.17) is 0 Å². The summed E-state index contributed by atoms with van der Waals surface area (Å²) in [5.74, 6) is 0.223. The van der Waals surface area contributed by atoms with E-state index in [1.165, 1.54) is 0 Å². The van der Waals surface area contributed by atoms with Gasteiger partial charge in [0, 0.05) is 30.6 Å². The van der Waals surface area contributed by atoms with Crippen molar-refractivity contribution in [3.63, 3.8) is 0 Å². The maximum atomic E-state index is 12.0. The Morgan fingerprint density at radius 2 is 1.81 bits per heavy atom. The Bertz CT molecular complexity index is 530. The summed E-state index contributed by atoms with van der Waals surface area (Å²) < 4.78 is 0. The van der Waals surface area contributed by atoms with Gasteiger partial charge in [-0.25, -0.2) is 0 Å². The molecule has 2 fully saturated rings. The van der Waals surface area contributed by atoms with Crippen LogP contribution in [0.5, 0.6) is 0 Å². The molecule has 112 valence electrons. The van der Waals surface area contributed by atoms with Crippen LogP contribution >= 0.6 is 0 Å². The van der Waals surface area contributed by atoms with Crippen molar-refractivity contribution in [3.8, 4) is 0 Å². The maximum Gasteiger partial charge on any atom is 0.251 e. The van der Waals surface area contributed by atoms with Crippen LogP contribution in [0.1, 0.15) is 54.9 Å². The number of benzene rings is 1. The molecule has 0 radical (unpaired) electrons. The van der Waals surface area contributed by atoms with E-state index in [0.29, 0.717) is 30.6 Å². The summed E-state index contributed by atoms with van der Waals surface area (Å²) in [6.07, 6.45) is 4.98. The van der Waals surface area contributed by atoms with Crippen LogP contribution in [0.3, 0.4) is 0 Å². The fraction of sp³-hybridized carbons (Fsp3) is 0.529. The van der Waals surface area contributed by atoms with E-state index in [2.05, 4.69) is 5.32 Å². The highest BCUT2D eigenvalue weighted by atomic mass is 16.2. The highest BCUT2D eigenvalue weighted by Gasteiger charge is 2.31. The first-order valence-corrected chi connectivity index (χ1v) is 7.86. The molecule has 0 saturated heterocycles. The summed E-state index contributed by atoms with van der Waals surface area (Å²) in [7, 11) is 0. The number of rotatable bonds is 6. The lowest BCUT2D eigenvalue weighted by Crippen LogP contribution is -2.31. The van der Waals surface area contributed by atoms with Crippen LogP contribution in [0.2, 0.25) is 0 Å². The molecule has 21 heavy (non-hydrogen) atoms. The third kappa shape index (κ3) is 3.63. The topological polar surface area (TPSA) is 49.4 Å². The van der Waals surface area contributed by atoms with Gasteiger partial charge in [0.25, 0.3) is 5.91 Å². The number of carbonyl (C=O) groups excluding carboxylic acids is 2.